The molecule has 1 heterocycles. The molecule has 1 saturated carbocycles. The van der Waals surface area contributed by atoms with Crippen molar-refractivity contribution in [2.75, 3.05) is 24.5 Å². The van der Waals surface area contributed by atoms with Gasteiger partial charge in [-0.3, -0.25) is 0 Å². The molecule has 0 aromatic heterocycles. The third kappa shape index (κ3) is 2.39. The highest BCUT2D eigenvalue weighted by molar-refractivity contribution is 5.51. The van der Waals surface area contributed by atoms with Crippen molar-refractivity contribution in [3.05, 3.63) is 29.3 Å². The van der Waals surface area contributed by atoms with Gasteiger partial charge in [0.2, 0.25) is 0 Å². The standard InChI is InChI=1S/C16H24N2/c1-12-6-13(2)8-15(7-12)18-9-14(3)17-10-16(11-18)4-5-16/h6-8,14,17H,4-5,9-11H2,1-3H3. The molecule has 0 amide bonds. The molecule has 1 spiro atoms. The first kappa shape index (κ1) is 12.0. The van der Waals surface area contributed by atoms with Crippen LogP contribution in [0.15, 0.2) is 18.2 Å². The Balaban J connectivity index is 1.88. The zero-order chi connectivity index (χ0) is 12.8. The maximum absolute atomic E-state index is 3.68. The summed E-state index contributed by atoms with van der Waals surface area (Å²) < 4.78 is 0. The van der Waals surface area contributed by atoms with Crippen LogP contribution in [0.5, 0.6) is 0 Å². The Hall–Kier alpha value is -1.02. The summed E-state index contributed by atoms with van der Waals surface area (Å²) in [5.41, 5.74) is 4.73. The normalized spacial score (nSPS) is 26.2. The molecular formula is C16H24N2. The van der Waals surface area contributed by atoms with E-state index in [4.69, 9.17) is 0 Å². The molecule has 1 unspecified atom stereocenters. The lowest BCUT2D eigenvalue weighted by molar-refractivity contribution is 0.479. The van der Waals surface area contributed by atoms with Gasteiger partial charge in [-0.1, -0.05) is 6.07 Å². The number of nitrogens with zero attached hydrogens (tertiary/aromatic N) is 1. The van der Waals surface area contributed by atoms with Crippen LogP contribution in [0, 0.1) is 19.3 Å². The molecule has 1 aliphatic carbocycles. The van der Waals surface area contributed by atoms with E-state index in [1.54, 1.807) is 0 Å². The zero-order valence-corrected chi connectivity index (χ0v) is 11.8. The Bertz CT molecular complexity index is 428. The maximum atomic E-state index is 3.68. The molecule has 98 valence electrons. The van der Waals surface area contributed by atoms with Gasteiger partial charge in [-0.15, -0.1) is 0 Å². The van der Waals surface area contributed by atoms with Gasteiger partial charge in [0.15, 0.2) is 0 Å². The van der Waals surface area contributed by atoms with E-state index in [2.05, 4.69) is 49.2 Å². The number of benzene rings is 1. The molecule has 1 aromatic carbocycles. The highest BCUT2D eigenvalue weighted by Crippen LogP contribution is 2.47. The molecule has 2 fully saturated rings. The predicted molar refractivity (Wildman–Crippen MR) is 77.3 cm³/mol. The fraction of sp³-hybridized carbons (Fsp3) is 0.625. The molecule has 1 aliphatic heterocycles. The second-order valence-corrected chi connectivity index (χ2v) is 6.51. The summed E-state index contributed by atoms with van der Waals surface area (Å²) in [7, 11) is 0. The van der Waals surface area contributed by atoms with Gasteiger partial charge in [0, 0.05) is 36.8 Å². The lowest BCUT2D eigenvalue weighted by Crippen LogP contribution is -2.35. The van der Waals surface area contributed by atoms with E-state index in [0.29, 0.717) is 11.5 Å². The molecule has 2 heteroatoms. The molecule has 1 aromatic rings. The van der Waals surface area contributed by atoms with Gasteiger partial charge in [0.1, 0.15) is 0 Å². The van der Waals surface area contributed by atoms with Crippen molar-refractivity contribution in [2.45, 2.75) is 39.7 Å². The van der Waals surface area contributed by atoms with Crippen LogP contribution in [0.1, 0.15) is 30.9 Å². The van der Waals surface area contributed by atoms with E-state index in [-0.39, 0.29) is 0 Å². The number of hydrogen-bond acceptors (Lipinski definition) is 2. The average Bonchev–Trinajstić information content (AvgIpc) is 3.07. The third-order valence-electron chi connectivity index (χ3n) is 4.37. The van der Waals surface area contributed by atoms with Crippen molar-refractivity contribution in [3.8, 4) is 0 Å². The topological polar surface area (TPSA) is 15.3 Å². The van der Waals surface area contributed by atoms with Crippen LogP contribution in [-0.4, -0.2) is 25.7 Å². The number of hydrogen-bond donors (Lipinski definition) is 1. The molecule has 18 heavy (non-hydrogen) atoms. The molecular weight excluding hydrogens is 220 g/mol. The van der Waals surface area contributed by atoms with Crippen molar-refractivity contribution >= 4 is 5.69 Å². The Morgan fingerprint density at radius 3 is 2.44 bits per heavy atom. The number of rotatable bonds is 1. The highest BCUT2D eigenvalue weighted by Gasteiger charge is 2.45. The Kier molecular flexibility index (Phi) is 2.86. The lowest BCUT2D eigenvalue weighted by atomic mass is 10.1. The summed E-state index contributed by atoms with van der Waals surface area (Å²) in [4.78, 5) is 2.59. The zero-order valence-electron chi connectivity index (χ0n) is 11.8. The summed E-state index contributed by atoms with van der Waals surface area (Å²) in [5, 5.41) is 3.68. The summed E-state index contributed by atoms with van der Waals surface area (Å²) in [6.45, 7) is 10.3. The van der Waals surface area contributed by atoms with Crippen LogP contribution in [0.4, 0.5) is 5.69 Å². The lowest BCUT2D eigenvalue weighted by Gasteiger charge is -2.27. The van der Waals surface area contributed by atoms with Crippen molar-refractivity contribution < 1.29 is 0 Å². The van der Waals surface area contributed by atoms with Crippen LogP contribution < -0.4 is 10.2 Å². The minimum Gasteiger partial charge on any atom is -0.369 e. The van der Waals surface area contributed by atoms with Crippen LogP contribution in [-0.2, 0) is 0 Å². The van der Waals surface area contributed by atoms with E-state index in [0.717, 1.165) is 6.54 Å². The van der Waals surface area contributed by atoms with Gasteiger partial charge in [-0.05, 0) is 56.9 Å². The van der Waals surface area contributed by atoms with E-state index in [1.165, 1.54) is 42.7 Å². The first-order valence-electron chi connectivity index (χ1n) is 7.13. The molecule has 1 saturated heterocycles. The first-order valence-corrected chi connectivity index (χ1v) is 7.13. The monoisotopic (exact) mass is 244 g/mol. The van der Waals surface area contributed by atoms with Crippen LogP contribution in [0.2, 0.25) is 0 Å². The molecule has 3 rings (SSSR count). The van der Waals surface area contributed by atoms with Gasteiger partial charge in [-0.2, -0.15) is 0 Å². The number of nitrogens with one attached hydrogen (secondary N) is 1. The minimum absolute atomic E-state index is 0.572. The van der Waals surface area contributed by atoms with Crippen molar-refractivity contribution in [1.82, 2.24) is 5.32 Å². The minimum atomic E-state index is 0.572. The highest BCUT2D eigenvalue weighted by atomic mass is 15.2. The molecule has 2 nitrogen and oxygen atoms in total. The Morgan fingerprint density at radius 2 is 1.83 bits per heavy atom. The van der Waals surface area contributed by atoms with E-state index in [1.807, 2.05) is 0 Å². The SMILES string of the molecule is Cc1cc(C)cc(N2CC(C)NCC3(CC3)C2)c1. The smallest absolute Gasteiger partial charge is 0.0372 e. The number of aryl methyl sites for hydroxylation is 2. The largest absolute Gasteiger partial charge is 0.369 e. The second kappa shape index (κ2) is 4.27. The van der Waals surface area contributed by atoms with Crippen molar-refractivity contribution in [3.63, 3.8) is 0 Å². The molecule has 0 radical (unpaired) electrons. The van der Waals surface area contributed by atoms with Gasteiger partial charge in [-0.25, -0.2) is 0 Å². The molecule has 0 bridgehead atoms. The Labute approximate surface area is 110 Å². The van der Waals surface area contributed by atoms with Gasteiger partial charge in [0.05, 0.1) is 0 Å². The third-order valence-corrected chi connectivity index (χ3v) is 4.37. The van der Waals surface area contributed by atoms with Crippen molar-refractivity contribution in [1.29, 1.82) is 0 Å². The van der Waals surface area contributed by atoms with Crippen molar-refractivity contribution in [2.24, 2.45) is 5.41 Å². The van der Waals surface area contributed by atoms with Crippen LogP contribution in [0.3, 0.4) is 0 Å². The maximum Gasteiger partial charge on any atom is 0.0372 e. The predicted octanol–water partition coefficient (Wildman–Crippen LogP) is 2.88. The first-order chi connectivity index (χ1) is 8.56. The van der Waals surface area contributed by atoms with Crippen LogP contribution >= 0.6 is 0 Å². The van der Waals surface area contributed by atoms with Crippen LogP contribution in [0.25, 0.3) is 0 Å². The Morgan fingerprint density at radius 1 is 1.17 bits per heavy atom. The summed E-state index contributed by atoms with van der Waals surface area (Å²) in [6, 6.07) is 7.52. The fourth-order valence-electron chi connectivity index (χ4n) is 3.15. The summed E-state index contributed by atoms with van der Waals surface area (Å²) in [5.74, 6) is 0. The molecule has 1 atom stereocenters. The van der Waals surface area contributed by atoms with Gasteiger partial charge >= 0.3 is 0 Å². The van der Waals surface area contributed by atoms with Gasteiger partial charge in [0.25, 0.3) is 0 Å². The fourth-order valence-corrected chi connectivity index (χ4v) is 3.15. The average molecular weight is 244 g/mol. The summed E-state index contributed by atoms with van der Waals surface area (Å²) in [6.07, 6.45) is 2.79. The number of anilines is 1. The van der Waals surface area contributed by atoms with E-state index >= 15 is 0 Å². The molecule has 1 N–H and O–H groups in total. The van der Waals surface area contributed by atoms with E-state index < -0.39 is 0 Å². The van der Waals surface area contributed by atoms with Gasteiger partial charge < -0.3 is 10.2 Å². The molecule has 2 aliphatic rings. The van der Waals surface area contributed by atoms with E-state index in [9.17, 15) is 0 Å². The second-order valence-electron chi connectivity index (χ2n) is 6.51. The quantitative estimate of drug-likeness (QED) is 0.817. The summed E-state index contributed by atoms with van der Waals surface area (Å²) >= 11 is 0.